The second-order valence-corrected chi connectivity index (χ2v) is 14.3. The first kappa shape index (κ1) is 40.6. The Kier molecular flexibility index (Phi) is 38.2. The molecule has 0 N–H and O–H groups in total. The topological polar surface area (TPSA) is 18.5 Å². The van der Waals surface area contributed by atoms with E-state index in [0.29, 0.717) is 5.92 Å². The third-order valence-electron chi connectivity index (χ3n) is 8.03. The minimum absolute atomic E-state index is 0.479. The van der Waals surface area contributed by atoms with Crippen LogP contribution in [0.15, 0.2) is 0 Å². The standard InChI is InChI=1S/C36H74O2S2/c1-4-6-8-10-12-14-16-18-20-22-24-26-28-30-32-39-37-34-36(3)35-38-40-33-31-29-27-25-23-21-19-17-15-13-11-9-7-5-2/h36H,4-35H2,1-3H3. The first-order valence-corrected chi connectivity index (χ1v) is 20.1. The van der Waals surface area contributed by atoms with Gasteiger partial charge in [-0.2, -0.15) is 0 Å². The van der Waals surface area contributed by atoms with E-state index in [1.54, 1.807) is 24.1 Å². The molecular weight excluding hydrogens is 529 g/mol. The first-order valence-electron chi connectivity index (χ1n) is 18.3. The Hall–Kier alpha value is 0.620. The van der Waals surface area contributed by atoms with E-state index >= 15 is 0 Å². The third kappa shape index (κ3) is 36.6. The summed E-state index contributed by atoms with van der Waals surface area (Å²) in [5.74, 6) is 2.76. The molecule has 0 heterocycles. The third-order valence-corrected chi connectivity index (χ3v) is 9.55. The van der Waals surface area contributed by atoms with Crippen LogP contribution < -0.4 is 0 Å². The molecule has 0 fully saturated rings. The molecule has 0 aromatic rings. The van der Waals surface area contributed by atoms with Crippen molar-refractivity contribution in [2.75, 3.05) is 24.7 Å². The SMILES string of the molecule is CCCCCCCCCCCCCCCCSOCC(C)COSCCCCCCCCCCCCCCCC. The Balaban J connectivity index is 3.13. The lowest BCUT2D eigenvalue weighted by molar-refractivity contribution is 0.225. The summed E-state index contributed by atoms with van der Waals surface area (Å²) in [6, 6.07) is 0. The summed E-state index contributed by atoms with van der Waals surface area (Å²) < 4.78 is 11.6. The zero-order valence-electron chi connectivity index (χ0n) is 27.8. The smallest absolute Gasteiger partial charge is 0.0661 e. The summed E-state index contributed by atoms with van der Waals surface area (Å²) in [6.45, 7) is 8.45. The van der Waals surface area contributed by atoms with Gasteiger partial charge in [0.2, 0.25) is 0 Å². The Morgan fingerprint density at radius 3 is 0.825 bits per heavy atom. The zero-order valence-corrected chi connectivity index (χ0v) is 29.5. The summed E-state index contributed by atoms with van der Waals surface area (Å²) in [5, 5.41) is 0. The van der Waals surface area contributed by atoms with Crippen LogP contribution in [0.1, 0.15) is 201 Å². The highest BCUT2D eigenvalue weighted by Crippen LogP contribution is 2.17. The van der Waals surface area contributed by atoms with Gasteiger partial charge in [0, 0.05) is 17.4 Å². The molecule has 0 amide bonds. The second kappa shape index (κ2) is 37.6. The monoisotopic (exact) mass is 603 g/mol. The summed E-state index contributed by atoms with van der Waals surface area (Å²) in [4.78, 5) is 0. The summed E-state index contributed by atoms with van der Waals surface area (Å²) >= 11 is 3.34. The number of hydrogen-bond acceptors (Lipinski definition) is 4. The van der Waals surface area contributed by atoms with Crippen LogP contribution in [0.5, 0.6) is 0 Å². The molecule has 0 spiro atoms. The van der Waals surface area contributed by atoms with Crippen LogP contribution >= 0.6 is 24.1 Å². The minimum atomic E-state index is 0.479. The number of rotatable bonds is 36. The first-order chi connectivity index (χ1) is 19.8. The number of unbranched alkanes of at least 4 members (excludes halogenated alkanes) is 26. The van der Waals surface area contributed by atoms with Crippen LogP contribution in [0.25, 0.3) is 0 Å². The zero-order chi connectivity index (χ0) is 29.0. The van der Waals surface area contributed by atoms with Gasteiger partial charge in [-0.25, -0.2) is 0 Å². The maximum absolute atomic E-state index is 5.82. The molecule has 0 bridgehead atoms. The molecule has 4 heteroatoms. The summed E-state index contributed by atoms with van der Waals surface area (Å²) in [7, 11) is 0. The average molecular weight is 603 g/mol. The minimum Gasteiger partial charge on any atom is -0.315 e. The van der Waals surface area contributed by atoms with Crippen LogP contribution in [0.2, 0.25) is 0 Å². The normalized spacial score (nSPS) is 11.7. The van der Waals surface area contributed by atoms with Crippen LogP contribution in [0, 0.1) is 5.92 Å². The fourth-order valence-electron chi connectivity index (χ4n) is 5.21. The van der Waals surface area contributed by atoms with E-state index in [2.05, 4.69) is 20.8 Å². The van der Waals surface area contributed by atoms with Crippen molar-refractivity contribution in [3.63, 3.8) is 0 Å². The van der Waals surface area contributed by atoms with Crippen LogP contribution in [-0.2, 0) is 8.37 Å². The van der Waals surface area contributed by atoms with Crippen molar-refractivity contribution >= 4 is 24.1 Å². The van der Waals surface area contributed by atoms with Crippen molar-refractivity contribution in [3.8, 4) is 0 Å². The Morgan fingerprint density at radius 2 is 0.575 bits per heavy atom. The van der Waals surface area contributed by atoms with E-state index in [0.717, 1.165) is 24.7 Å². The molecular formula is C36H74O2S2. The Morgan fingerprint density at radius 1 is 0.350 bits per heavy atom. The molecule has 0 unspecified atom stereocenters. The van der Waals surface area contributed by atoms with Gasteiger partial charge in [0.05, 0.1) is 13.2 Å². The molecule has 0 aliphatic rings. The average Bonchev–Trinajstić information content (AvgIpc) is 2.96. The van der Waals surface area contributed by atoms with Crippen molar-refractivity contribution < 1.29 is 8.37 Å². The van der Waals surface area contributed by atoms with Crippen LogP contribution in [0.4, 0.5) is 0 Å². The van der Waals surface area contributed by atoms with E-state index in [4.69, 9.17) is 8.37 Å². The van der Waals surface area contributed by atoms with Gasteiger partial charge in [0.1, 0.15) is 0 Å². The highest BCUT2D eigenvalue weighted by molar-refractivity contribution is 7.94. The summed E-state index contributed by atoms with van der Waals surface area (Å²) in [6.07, 6.45) is 39.8. The number of hydrogen-bond donors (Lipinski definition) is 0. The Bertz CT molecular complexity index is 397. The van der Waals surface area contributed by atoms with E-state index < -0.39 is 0 Å². The van der Waals surface area contributed by atoms with E-state index in [1.807, 2.05) is 0 Å². The molecule has 0 aromatic carbocycles. The predicted molar refractivity (Wildman–Crippen MR) is 187 cm³/mol. The van der Waals surface area contributed by atoms with Gasteiger partial charge in [0.25, 0.3) is 0 Å². The van der Waals surface area contributed by atoms with Gasteiger partial charge in [0.15, 0.2) is 0 Å². The maximum atomic E-state index is 5.82. The van der Waals surface area contributed by atoms with Crippen molar-refractivity contribution in [3.05, 3.63) is 0 Å². The van der Waals surface area contributed by atoms with Gasteiger partial charge in [-0.3, -0.25) is 0 Å². The van der Waals surface area contributed by atoms with Gasteiger partial charge >= 0.3 is 0 Å². The van der Waals surface area contributed by atoms with Gasteiger partial charge in [-0.05, 0) is 36.9 Å². The Labute approximate surface area is 262 Å². The molecule has 242 valence electrons. The van der Waals surface area contributed by atoms with E-state index in [-0.39, 0.29) is 0 Å². The lowest BCUT2D eigenvalue weighted by atomic mass is 10.0. The fraction of sp³-hybridized carbons (Fsp3) is 1.00. The van der Waals surface area contributed by atoms with E-state index in [1.165, 1.54) is 180 Å². The highest BCUT2D eigenvalue weighted by atomic mass is 32.2. The van der Waals surface area contributed by atoms with Gasteiger partial charge in [-0.1, -0.05) is 188 Å². The molecule has 2 nitrogen and oxygen atoms in total. The fourth-order valence-corrected chi connectivity index (χ4v) is 6.74. The molecule has 0 rings (SSSR count). The molecule has 0 saturated carbocycles. The predicted octanol–water partition coefficient (Wildman–Crippen LogP) is 13.9. The van der Waals surface area contributed by atoms with Gasteiger partial charge in [-0.15, -0.1) is 0 Å². The van der Waals surface area contributed by atoms with Crippen LogP contribution in [0.3, 0.4) is 0 Å². The molecule has 0 atom stereocenters. The lowest BCUT2D eigenvalue weighted by Gasteiger charge is -2.11. The molecule has 0 aliphatic carbocycles. The molecule has 0 saturated heterocycles. The highest BCUT2D eigenvalue weighted by Gasteiger charge is 2.04. The molecule has 0 aliphatic heterocycles. The lowest BCUT2D eigenvalue weighted by Crippen LogP contribution is -2.09. The molecule has 40 heavy (non-hydrogen) atoms. The summed E-state index contributed by atoms with van der Waals surface area (Å²) in [5.41, 5.74) is 0. The van der Waals surface area contributed by atoms with E-state index in [9.17, 15) is 0 Å². The van der Waals surface area contributed by atoms with Crippen LogP contribution in [-0.4, -0.2) is 24.7 Å². The van der Waals surface area contributed by atoms with Crippen molar-refractivity contribution in [2.24, 2.45) is 5.92 Å². The van der Waals surface area contributed by atoms with Crippen molar-refractivity contribution in [1.29, 1.82) is 0 Å². The quantitative estimate of drug-likeness (QED) is 0.0524. The van der Waals surface area contributed by atoms with Gasteiger partial charge < -0.3 is 8.37 Å². The second-order valence-electron chi connectivity index (χ2n) is 12.5. The molecule has 0 aromatic heterocycles. The largest absolute Gasteiger partial charge is 0.315 e. The van der Waals surface area contributed by atoms with Crippen molar-refractivity contribution in [1.82, 2.24) is 0 Å². The maximum Gasteiger partial charge on any atom is 0.0661 e. The molecule has 0 radical (unpaired) electrons. The van der Waals surface area contributed by atoms with Crippen molar-refractivity contribution in [2.45, 2.75) is 201 Å².